The number of halogens is 3. The Bertz CT molecular complexity index is 710. The van der Waals surface area contributed by atoms with Gasteiger partial charge in [0.05, 0.1) is 17.3 Å². The summed E-state index contributed by atoms with van der Waals surface area (Å²) in [4.78, 5) is 14.4. The van der Waals surface area contributed by atoms with Crippen LogP contribution in [-0.4, -0.2) is 25.8 Å². The first-order valence-corrected chi connectivity index (χ1v) is 5.18. The molecule has 0 aromatic carbocycles. The predicted molar refractivity (Wildman–Crippen MR) is 60.7 cm³/mol. The molecule has 0 bridgehead atoms. The van der Waals surface area contributed by atoms with E-state index in [4.69, 9.17) is 5.11 Å². The summed E-state index contributed by atoms with van der Waals surface area (Å²) >= 11 is 0. The van der Waals surface area contributed by atoms with Gasteiger partial charge in [-0.15, -0.1) is 13.2 Å². The summed E-state index contributed by atoms with van der Waals surface area (Å²) in [5, 5.41) is 11.9. The van der Waals surface area contributed by atoms with Crippen LogP contribution in [-0.2, 0) is 6.30 Å². The number of rotatable bonds is 1. The van der Waals surface area contributed by atoms with Crippen molar-refractivity contribution in [2.24, 2.45) is 0 Å². The minimum Gasteiger partial charge on any atom is -0.478 e. The number of hydrogen-bond acceptors (Lipinski definition) is 3. The van der Waals surface area contributed by atoms with Gasteiger partial charge in [-0.3, -0.25) is 4.98 Å². The van der Waals surface area contributed by atoms with Crippen LogP contribution in [0.2, 0.25) is 0 Å². The molecule has 0 aliphatic heterocycles. The monoisotopic (exact) mass is 281 g/mol. The van der Waals surface area contributed by atoms with Gasteiger partial charge in [0, 0.05) is 24.2 Å². The molecule has 2 aromatic rings. The molecule has 0 atom stereocenters. The second-order valence-corrected chi connectivity index (χ2v) is 3.66. The van der Waals surface area contributed by atoms with Crippen molar-refractivity contribution in [1.29, 1.82) is 0 Å². The number of carbonyl (C=O) groups is 1. The highest BCUT2D eigenvalue weighted by Crippen LogP contribution is 2.20. The van der Waals surface area contributed by atoms with E-state index < -0.39 is 12.3 Å². The molecule has 0 saturated carbocycles. The second-order valence-electron chi connectivity index (χ2n) is 3.66. The molecule has 0 aliphatic rings. The molecule has 2 rings (SSSR count). The number of nitrogens with zero attached hydrogens (tertiary/aromatic N) is 3. The van der Waals surface area contributed by atoms with E-state index in [0.717, 1.165) is 18.6 Å². The van der Waals surface area contributed by atoms with Gasteiger partial charge in [0.2, 0.25) is 0 Å². The number of aromatic nitrogens is 3. The average Bonchev–Trinajstić information content (AvgIpc) is 2.85. The van der Waals surface area contributed by atoms with Gasteiger partial charge in [0.1, 0.15) is 0 Å². The number of aromatic carboxylic acids is 1. The van der Waals surface area contributed by atoms with Crippen LogP contribution in [0.25, 0.3) is 0 Å². The lowest BCUT2D eigenvalue weighted by molar-refractivity contribution is -0.212. The first kappa shape index (κ1) is 13.6. The third-order valence-corrected chi connectivity index (χ3v) is 2.18. The van der Waals surface area contributed by atoms with Crippen molar-refractivity contribution < 1.29 is 23.1 Å². The molecular weight excluding hydrogens is 275 g/mol. The maximum Gasteiger partial charge on any atom is 0.504 e. The van der Waals surface area contributed by atoms with Gasteiger partial charge in [0.25, 0.3) is 0 Å². The number of carboxylic acid groups (broad SMARTS) is 1. The summed E-state index contributed by atoms with van der Waals surface area (Å²) in [5.74, 6) is 3.82. The molecule has 0 fully saturated rings. The van der Waals surface area contributed by atoms with Gasteiger partial charge >= 0.3 is 12.3 Å². The van der Waals surface area contributed by atoms with Crippen LogP contribution >= 0.6 is 0 Å². The van der Waals surface area contributed by atoms with Crippen molar-refractivity contribution in [3.05, 3.63) is 47.5 Å². The van der Waals surface area contributed by atoms with Crippen LogP contribution in [0.4, 0.5) is 13.2 Å². The Kier molecular flexibility index (Phi) is 3.43. The van der Waals surface area contributed by atoms with E-state index in [1.165, 1.54) is 12.3 Å². The van der Waals surface area contributed by atoms with Crippen molar-refractivity contribution in [1.82, 2.24) is 14.8 Å². The third-order valence-electron chi connectivity index (χ3n) is 2.18. The topological polar surface area (TPSA) is 68.0 Å². The molecule has 0 aliphatic carbocycles. The van der Waals surface area contributed by atoms with Gasteiger partial charge in [-0.2, -0.15) is 9.78 Å². The summed E-state index contributed by atoms with van der Waals surface area (Å²) in [6.45, 7) is 0. The molecule has 102 valence electrons. The average molecular weight is 281 g/mol. The molecule has 2 heterocycles. The summed E-state index contributed by atoms with van der Waals surface area (Å²) in [6, 6.07) is 1.27. The van der Waals surface area contributed by atoms with Crippen molar-refractivity contribution in [3.63, 3.8) is 0 Å². The van der Waals surface area contributed by atoms with E-state index in [0.29, 0.717) is 0 Å². The molecular formula is C12H6F3N3O2. The number of pyridine rings is 1. The highest BCUT2D eigenvalue weighted by atomic mass is 19.4. The number of hydrogen-bond donors (Lipinski definition) is 1. The van der Waals surface area contributed by atoms with Gasteiger partial charge in [0.15, 0.2) is 0 Å². The van der Waals surface area contributed by atoms with E-state index in [1.807, 2.05) is 0 Å². The summed E-state index contributed by atoms with van der Waals surface area (Å²) in [5.41, 5.74) is 0.287. The van der Waals surface area contributed by atoms with Crippen LogP contribution in [0.15, 0.2) is 30.9 Å². The number of carboxylic acids is 1. The molecule has 8 heteroatoms. The largest absolute Gasteiger partial charge is 0.504 e. The molecule has 20 heavy (non-hydrogen) atoms. The fraction of sp³-hybridized carbons (Fsp3) is 0.0833. The maximum atomic E-state index is 12.3. The fourth-order valence-electron chi connectivity index (χ4n) is 1.30. The fourth-order valence-corrected chi connectivity index (χ4v) is 1.30. The van der Waals surface area contributed by atoms with Crippen molar-refractivity contribution in [2.75, 3.05) is 0 Å². The van der Waals surface area contributed by atoms with Crippen LogP contribution in [0, 0.1) is 11.8 Å². The van der Waals surface area contributed by atoms with Gasteiger partial charge in [-0.05, 0) is 6.07 Å². The highest BCUT2D eigenvalue weighted by Gasteiger charge is 2.31. The molecule has 5 nitrogen and oxygen atoms in total. The Labute approximate surface area is 110 Å². The quantitative estimate of drug-likeness (QED) is 0.810. The Morgan fingerprint density at radius 1 is 1.20 bits per heavy atom. The van der Waals surface area contributed by atoms with E-state index in [1.54, 1.807) is 0 Å². The summed E-state index contributed by atoms with van der Waals surface area (Å²) < 4.78 is 36.7. The smallest absolute Gasteiger partial charge is 0.478 e. The first-order valence-electron chi connectivity index (χ1n) is 5.18. The van der Waals surface area contributed by atoms with Crippen LogP contribution in [0.3, 0.4) is 0 Å². The third kappa shape index (κ3) is 3.14. The lowest BCUT2D eigenvalue weighted by atomic mass is 10.2. The van der Waals surface area contributed by atoms with Gasteiger partial charge < -0.3 is 5.11 Å². The first-order chi connectivity index (χ1) is 9.36. The minimum atomic E-state index is -4.59. The van der Waals surface area contributed by atoms with E-state index >= 15 is 0 Å². The highest BCUT2D eigenvalue weighted by molar-refractivity contribution is 5.87. The normalized spacial score (nSPS) is 10.8. The SMILES string of the molecule is O=C(O)c1cncc(C#Cc2cnn(C(F)(F)F)c2)c1. The lowest BCUT2D eigenvalue weighted by Gasteiger charge is -2.03. The maximum absolute atomic E-state index is 12.3. The summed E-state index contributed by atoms with van der Waals surface area (Å²) in [7, 11) is 0. The second kappa shape index (κ2) is 5.05. The molecule has 0 saturated heterocycles. The summed E-state index contributed by atoms with van der Waals surface area (Å²) in [6.07, 6.45) is -0.427. The predicted octanol–water partition coefficient (Wildman–Crippen LogP) is 1.85. The van der Waals surface area contributed by atoms with Crippen LogP contribution < -0.4 is 0 Å². The minimum absolute atomic E-state index is 0.0530. The molecule has 0 radical (unpaired) electrons. The zero-order valence-electron chi connectivity index (χ0n) is 9.72. The standard InChI is InChI=1S/C12H6F3N3O2/c13-12(14,15)18-7-9(5-17-18)2-1-8-3-10(11(19)20)6-16-4-8/h3-7H,(H,19,20). The van der Waals surface area contributed by atoms with Crippen molar-refractivity contribution >= 4 is 5.97 Å². The zero-order valence-corrected chi connectivity index (χ0v) is 9.72. The Hall–Kier alpha value is -2.82. The molecule has 2 aromatic heterocycles. The van der Waals surface area contributed by atoms with E-state index in [9.17, 15) is 18.0 Å². The van der Waals surface area contributed by atoms with E-state index in [2.05, 4.69) is 21.9 Å². The van der Waals surface area contributed by atoms with Gasteiger partial charge in [-0.25, -0.2) is 4.79 Å². The molecule has 0 unspecified atom stereocenters. The van der Waals surface area contributed by atoms with Gasteiger partial charge in [-0.1, -0.05) is 11.8 Å². The Balaban J connectivity index is 2.25. The number of alkyl halides is 3. The van der Waals surface area contributed by atoms with Crippen molar-refractivity contribution in [2.45, 2.75) is 6.30 Å². The lowest BCUT2D eigenvalue weighted by Crippen LogP contribution is -2.16. The Morgan fingerprint density at radius 2 is 1.90 bits per heavy atom. The van der Waals surface area contributed by atoms with Crippen LogP contribution in [0.1, 0.15) is 21.5 Å². The van der Waals surface area contributed by atoms with Crippen LogP contribution in [0.5, 0.6) is 0 Å². The molecule has 1 N–H and O–H groups in total. The Morgan fingerprint density at radius 3 is 2.50 bits per heavy atom. The zero-order chi connectivity index (χ0) is 14.8. The molecule has 0 spiro atoms. The van der Waals surface area contributed by atoms with Crippen molar-refractivity contribution in [3.8, 4) is 11.8 Å². The van der Waals surface area contributed by atoms with E-state index in [-0.39, 0.29) is 21.4 Å². The molecule has 0 amide bonds.